The quantitative estimate of drug-likeness (QED) is 0.860. The molecule has 116 valence electrons. The monoisotopic (exact) mass is 306 g/mol. The summed E-state index contributed by atoms with van der Waals surface area (Å²) >= 11 is 0. The van der Waals surface area contributed by atoms with E-state index in [4.69, 9.17) is 0 Å². The predicted molar refractivity (Wildman–Crippen MR) is 78.6 cm³/mol. The van der Waals surface area contributed by atoms with Gasteiger partial charge >= 0.3 is 12.6 Å². The number of carbonyl (C=O) groups excluding carboxylic acids is 1. The van der Waals surface area contributed by atoms with E-state index in [1.165, 1.54) is 6.07 Å². The first-order valence-electron chi connectivity index (χ1n) is 6.73. The van der Waals surface area contributed by atoms with E-state index >= 15 is 0 Å². The van der Waals surface area contributed by atoms with Crippen LogP contribution in [0.1, 0.15) is 11.1 Å². The fourth-order valence-corrected chi connectivity index (χ4v) is 1.88. The average molecular weight is 306 g/mol. The molecule has 2 aromatic carbocycles. The van der Waals surface area contributed by atoms with Crippen molar-refractivity contribution in [3.8, 4) is 5.75 Å². The van der Waals surface area contributed by atoms with Crippen LogP contribution in [0.15, 0.2) is 54.6 Å². The number of amides is 2. The molecule has 6 heteroatoms. The number of hydrogen-bond acceptors (Lipinski definition) is 2. The summed E-state index contributed by atoms with van der Waals surface area (Å²) < 4.78 is 29.0. The summed E-state index contributed by atoms with van der Waals surface area (Å²) in [5.41, 5.74) is 1.46. The van der Waals surface area contributed by atoms with E-state index in [0.29, 0.717) is 12.1 Å². The van der Waals surface area contributed by atoms with Crippen LogP contribution < -0.4 is 15.4 Å². The van der Waals surface area contributed by atoms with E-state index in [1.54, 1.807) is 18.2 Å². The van der Waals surface area contributed by atoms with E-state index in [0.717, 1.165) is 5.56 Å². The first-order chi connectivity index (χ1) is 10.6. The Bertz CT molecular complexity index is 606. The number of urea groups is 1. The van der Waals surface area contributed by atoms with Gasteiger partial charge in [0.15, 0.2) is 0 Å². The minimum Gasteiger partial charge on any atom is -0.434 e. The van der Waals surface area contributed by atoms with Gasteiger partial charge in [-0.3, -0.25) is 0 Å². The van der Waals surface area contributed by atoms with Crippen LogP contribution in [0.5, 0.6) is 5.75 Å². The lowest BCUT2D eigenvalue weighted by molar-refractivity contribution is -0.0504. The van der Waals surface area contributed by atoms with Crippen molar-refractivity contribution >= 4 is 6.03 Å². The number of para-hydroxylation sites is 1. The zero-order chi connectivity index (χ0) is 15.8. The Balaban J connectivity index is 1.83. The van der Waals surface area contributed by atoms with Crippen molar-refractivity contribution in [3.63, 3.8) is 0 Å². The molecule has 0 unspecified atom stereocenters. The van der Waals surface area contributed by atoms with E-state index < -0.39 is 6.61 Å². The molecule has 2 rings (SSSR count). The molecular formula is C16H16F2N2O2. The summed E-state index contributed by atoms with van der Waals surface area (Å²) in [4.78, 5) is 11.7. The lowest BCUT2D eigenvalue weighted by atomic mass is 10.2. The number of halogens is 2. The number of benzene rings is 2. The zero-order valence-corrected chi connectivity index (χ0v) is 11.8. The van der Waals surface area contributed by atoms with Gasteiger partial charge in [-0.15, -0.1) is 0 Å². The van der Waals surface area contributed by atoms with E-state index in [2.05, 4.69) is 15.4 Å². The molecule has 0 saturated heterocycles. The molecule has 2 amide bonds. The van der Waals surface area contributed by atoms with Crippen molar-refractivity contribution in [1.29, 1.82) is 0 Å². The predicted octanol–water partition coefficient (Wildman–Crippen LogP) is 3.29. The van der Waals surface area contributed by atoms with Crippen molar-refractivity contribution in [2.45, 2.75) is 19.7 Å². The molecule has 2 aromatic rings. The van der Waals surface area contributed by atoms with Gasteiger partial charge in [0.25, 0.3) is 0 Å². The summed E-state index contributed by atoms with van der Waals surface area (Å²) in [7, 11) is 0. The summed E-state index contributed by atoms with van der Waals surface area (Å²) in [5.74, 6) is 0.0564. The van der Waals surface area contributed by atoms with Crippen LogP contribution >= 0.6 is 0 Å². The molecule has 0 fully saturated rings. The Morgan fingerprint density at radius 1 is 0.955 bits per heavy atom. The molecule has 2 N–H and O–H groups in total. The Kier molecular flexibility index (Phi) is 5.71. The first kappa shape index (κ1) is 15.8. The molecule has 0 saturated carbocycles. The molecule has 0 bridgehead atoms. The Hall–Kier alpha value is -2.63. The van der Waals surface area contributed by atoms with Gasteiger partial charge in [-0.1, -0.05) is 48.5 Å². The normalized spacial score (nSPS) is 10.3. The molecule has 0 heterocycles. The van der Waals surface area contributed by atoms with Crippen molar-refractivity contribution < 1.29 is 18.3 Å². The van der Waals surface area contributed by atoms with Crippen LogP contribution in [0.25, 0.3) is 0 Å². The molecule has 0 aromatic heterocycles. The number of carbonyl (C=O) groups is 1. The summed E-state index contributed by atoms with van der Waals surface area (Å²) in [5, 5.41) is 5.30. The van der Waals surface area contributed by atoms with Crippen molar-refractivity contribution in [3.05, 3.63) is 65.7 Å². The van der Waals surface area contributed by atoms with E-state index in [1.807, 2.05) is 30.3 Å². The van der Waals surface area contributed by atoms with Crippen LogP contribution in [0.4, 0.5) is 13.6 Å². The summed E-state index contributed by atoms with van der Waals surface area (Å²) in [6.07, 6.45) is 0. The van der Waals surface area contributed by atoms with Crippen LogP contribution in [-0.2, 0) is 13.1 Å². The van der Waals surface area contributed by atoms with Gasteiger partial charge in [0, 0.05) is 18.7 Å². The third-order valence-electron chi connectivity index (χ3n) is 2.92. The molecule has 0 aliphatic rings. The maximum Gasteiger partial charge on any atom is 0.387 e. The third kappa shape index (κ3) is 5.05. The van der Waals surface area contributed by atoms with Gasteiger partial charge < -0.3 is 15.4 Å². The molecule has 0 aliphatic heterocycles. The fraction of sp³-hybridized carbons (Fsp3) is 0.188. The first-order valence-corrected chi connectivity index (χ1v) is 6.73. The van der Waals surface area contributed by atoms with Crippen molar-refractivity contribution in [2.75, 3.05) is 0 Å². The molecular weight excluding hydrogens is 290 g/mol. The van der Waals surface area contributed by atoms with Crippen LogP contribution in [0.2, 0.25) is 0 Å². The molecule has 0 radical (unpaired) electrons. The average Bonchev–Trinajstić information content (AvgIpc) is 2.52. The third-order valence-corrected chi connectivity index (χ3v) is 2.92. The standard InChI is InChI=1S/C16H16F2N2O2/c17-15(18)22-14-9-5-4-8-13(14)11-20-16(21)19-10-12-6-2-1-3-7-12/h1-9,15H,10-11H2,(H2,19,20,21). The second kappa shape index (κ2) is 7.97. The van der Waals surface area contributed by atoms with Gasteiger partial charge in [-0.2, -0.15) is 8.78 Å². The number of hydrogen-bond donors (Lipinski definition) is 2. The van der Waals surface area contributed by atoms with Gasteiger partial charge in [0.2, 0.25) is 0 Å². The smallest absolute Gasteiger partial charge is 0.387 e. The van der Waals surface area contributed by atoms with Crippen molar-refractivity contribution in [2.24, 2.45) is 0 Å². The lowest BCUT2D eigenvalue weighted by Crippen LogP contribution is -2.34. The number of nitrogens with one attached hydrogen (secondary N) is 2. The Morgan fingerprint density at radius 2 is 1.59 bits per heavy atom. The molecule has 0 atom stereocenters. The number of alkyl halides is 2. The van der Waals surface area contributed by atoms with E-state index in [9.17, 15) is 13.6 Å². The molecule has 4 nitrogen and oxygen atoms in total. The Morgan fingerprint density at radius 3 is 2.32 bits per heavy atom. The number of rotatable bonds is 6. The lowest BCUT2D eigenvalue weighted by Gasteiger charge is -2.12. The SMILES string of the molecule is O=C(NCc1ccccc1)NCc1ccccc1OC(F)F. The highest BCUT2D eigenvalue weighted by Gasteiger charge is 2.09. The molecule has 0 aliphatic carbocycles. The van der Waals surface area contributed by atoms with E-state index in [-0.39, 0.29) is 18.3 Å². The highest BCUT2D eigenvalue weighted by atomic mass is 19.3. The maximum atomic E-state index is 12.3. The summed E-state index contributed by atoms with van der Waals surface area (Å²) in [6.45, 7) is -2.40. The summed E-state index contributed by atoms with van der Waals surface area (Å²) in [6, 6.07) is 15.4. The van der Waals surface area contributed by atoms with Gasteiger partial charge in [0.05, 0.1) is 0 Å². The van der Waals surface area contributed by atoms with Crippen LogP contribution in [0.3, 0.4) is 0 Å². The highest BCUT2D eigenvalue weighted by Crippen LogP contribution is 2.19. The van der Waals surface area contributed by atoms with Gasteiger partial charge in [0.1, 0.15) is 5.75 Å². The maximum absolute atomic E-state index is 12.3. The molecule has 22 heavy (non-hydrogen) atoms. The van der Waals surface area contributed by atoms with Crippen molar-refractivity contribution in [1.82, 2.24) is 10.6 Å². The second-order valence-corrected chi connectivity index (χ2v) is 4.51. The van der Waals surface area contributed by atoms with Gasteiger partial charge in [-0.05, 0) is 11.6 Å². The second-order valence-electron chi connectivity index (χ2n) is 4.51. The minimum absolute atomic E-state index is 0.0564. The van der Waals surface area contributed by atoms with Crippen LogP contribution in [0, 0.1) is 0 Å². The fourth-order valence-electron chi connectivity index (χ4n) is 1.88. The van der Waals surface area contributed by atoms with Gasteiger partial charge in [-0.25, -0.2) is 4.79 Å². The Labute approximate surface area is 127 Å². The topological polar surface area (TPSA) is 50.4 Å². The largest absolute Gasteiger partial charge is 0.434 e. The molecule has 0 spiro atoms. The van der Waals surface area contributed by atoms with Crippen LogP contribution in [-0.4, -0.2) is 12.6 Å². The minimum atomic E-state index is -2.90. The zero-order valence-electron chi connectivity index (χ0n) is 11.8. The highest BCUT2D eigenvalue weighted by molar-refractivity contribution is 5.73. The number of ether oxygens (including phenoxy) is 1.